The summed E-state index contributed by atoms with van der Waals surface area (Å²) in [7, 11) is 1.61. The van der Waals surface area contributed by atoms with E-state index in [1.807, 2.05) is 60.0 Å². The van der Waals surface area contributed by atoms with Crippen LogP contribution in [0.15, 0.2) is 71.4 Å². The number of ether oxygens (including phenoxy) is 1. The molecule has 2 aliphatic heterocycles. The maximum absolute atomic E-state index is 14.0. The van der Waals surface area contributed by atoms with Crippen molar-refractivity contribution in [3.8, 4) is 11.4 Å². The maximum atomic E-state index is 14.0. The largest absolute Gasteiger partial charge is 0.494 e. The van der Waals surface area contributed by atoms with E-state index in [1.165, 1.54) is 0 Å². The van der Waals surface area contributed by atoms with Gasteiger partial charge in [0.05, 0.1) is 36.6 Å². The molecule has 0 bridgehead atoms. The van der Waals surface area contributed by atoms with E-state index in [0.29, 0.717) is 30.1 Å². The summed E-state index contributed by atoms with van der Waals surface area (Å²) in [6.45, 7) is 4.31. The zero-order valence-corrected chi connectivity index (χ0v) is 19.5. The number of nitrogens with zero attached hydrogens (tertiary/aromatic N) is 4. The van der Waals surface area contributed by atoms with Crippen molar-refractivity contribution in [2.45, 2.75) is 26.3 Å². The van der Waals surface area contributed by atoms with E-state index in [4.69, 9.17) is 4.74 Å². The lowest BCUT2D eigenvalue weighted by Gasteiger charge is -2.38. The molecule has 0 amide bonds. The Morgan fingerprint density at radius 2 is 1.86 bits per heavy atom. The van der Waals surface area contributed by atoms with Crippen LogP contribution in [0, 0.1) is 24.4 Å². The summed E-state index contributed by atoms with van der Waals surface area (Å²) in [6, 6.07) is 7.48. The summed E-state index contributed by atoms with van der Waals surface area (Å²) in [5, 5.41) is 3.41. The third-order valence-corrected chi connectivity index (χ3v) is 6.04. The smallest absolute Gasteiger partial charge is 0.194 e. The highest BCUT2D eigenvalue weighted by Crippen LogP contribution is 2.35. The molecule has 1 atom stereocenters. The molecule has 0 saturated heterocycles. The summed E-state index contributed by atoms with van der Waals surface area (Å²) in [5.41, 5.74) is 4.57. The lowest BCUT2D eigenvalue weighted by atomic mass is 9.97. The molecule has 0 saturated carbocycles. The molecule has 1 N–H and O–H groups in total. The van der Waals surface area contributed by atoms with E-state index in [2.05, 4.69) is 15.3 Å². The van der Waals surface area contributed by atoms with Crippen molar-refractivity contribution in [3.63, 3.8) is 0 Å². The van der Waals surface area contributed by atoms with Crippen LogP contribution in [0.5, 0.6) is 5.75 Å². The molecular formula is C26H24F3N5O. The number of aryl methyl sites for hydroxylation is 1. The second kappa shape index (κ2) is 8.98. The number of anilines is 1. The third kappa shape index (κ3) is 4.29. The highest BCUT2D eigenvalue weighted by atomic mass is 19.2. The molecular weight excluding hydrogens is 455 g/mol. The van der Waals surface area contributed by atoms with Gasteiger partial charge in [-0.1, -0.05) is 0 Å². The molecule has 1 aromatic heterocycles. The number of nitrogens with one attached hydrogen (secondary N) is 1. The molecule has 5 rings (SSSR count). The number of halogens is 3. The van der Waals surface area contributed by atoms with Gasteiger partial charge in [0.1, 0.15) is 5.75 Å². The predicted octanol–water partition coefficient (Wildman–Crippen LogP) is 5.67. The summed E-state index contributed by atoms with van der Waals surface area (Å²) < 4.78 is 49.0. The van der Waals surface area contributed by atoms with Gasteiger partial charge in [0.25, 0.3) is 0 Å². The van der Waals surface area contributed by atoms with Crippen molar-refractivity contribution in [1.29, 1.82) is 0 Å². The number of aromatic nitrogens is 2. The Balaban J connectivity index is 1.45. The van der Waals surface area contributed by atoms with E-state index in [9.17, 15) is 13.2 Å². The van der Waals surface area contributed by atoms with Crippen molar-refractivity contribution < 1.29 is 17.9 Å². The molecule has 0 fully saturated rings. The fraction of sp³-hybridized carbons (Fsp3) is 0.231. The zero-order chi connectivity index (χ0) is 24.7. The topological polar surface area (TPSA) is 54.7 Å². The maximum Gasteiger partial charge on any atom is 0.194 e. The first kappa shape index (κ1) is 22.8. The number of allylic oxidation sites excluding steroid dienone is 2. The average Bonchev–Trinajstić information content (AvgIpc) is 3.27. The van der Waals surface area contributed by atoms with Crippen molar-refractivity contribution in [3.05, 3.63) is 95.1 Å². The van der Waals surface area contributed by atoms with E-state index in [-0.39, 0.29) is 6.04 Å². The van der Waals surface area contributed by atoms with Gasteiger partial charge in [-0.3, -0.25) is 4.99 Å². The molecule has 0 spiro atoms. The summed E-state index contributed by atoms with van der Waals surface area (Å²) in [4.78, 5) is 10.8. The minimum atomic E-state index is -1.46. The monoisotopic (exact) mass is 479 g/mol. The second-order valence-corrected chi connectivity index (χ2v) is 8.58. The van der Waals surface area contributed by atoms with Crippen LogP contribution in [0.25, 0.3) is 5.69 Å². The number of aliphatic imine (C=N–C) groups is 1. The lowest BCUT2D eigenvalue weighted by molar-refractivity contribution is 0.361. The van der Waals surface area contributed by atoms with Gasteiger partial charge in [-0.05, 0) is 61.7 Å². The van der Waals surface area contributed by atoms with Gasteiger partial charge in [-0.25, -0.2) is 18.2 Å². The second-order valence-electron chi connectivity index (χ2n) is 8.58. The van der Waals surface area contributed by atoms with Gasteiger partial charge in [0, 0.05) is 30.7 Å². The Morgan fingerprint density at radius 3 is 2.54 bits per heavy atom. The van der Waals surface area contributed by atoms with Gasteiger partial charge in [0.2, 0.25) is 0 Å². The van der Waals surface area contributed by atoms with Gasteiger partial charge in [-0.15, -0.1) is 0 Å². The predicted molar refractivity (Wildman–Crippen MR) is 128 cm³/mol. The molecule has 0 radical (unpaired) electrons. The van der Waals surface area contributed by atoms with Crippen LogP contribution in [0.3, 0.4) is 0 Å². The minimum absolute atomic E-state index is 0.362. The van der Waals surface area contributed by atoms with Crippen LogP contribution < -0.4 is 10.1 Å². The standard InChI is InChI=1S/C26H24F3N5O/c1-15-8-21(32-18-4-5-23(24(11-18)35-3)33-13-16(2)31-14-33)26-30-7-6-22(34(26)12-15)17-9-19(27)25(29)20(28)10-17/h4-5,8-14,22,32H,6-7H2,1-3H3. The normalized spacial score (nSPS) is 17.4. The quantitative estimate of drug-likeness (QED) is 0.480. The number of fused-ring (bicyclic) bond motifs is 1. The number of methoxy groups -OCH3 is 1. The minimum Gasteiger partial charge on any atom is -0.494 e. The molecule has 180 valence electrons. The molecule has 9 heteroatoms. The first-order chi connectivity index (χ1) is 16.8. The van der Waals surface area contributed by atoms with Crippen LogP contribution in [0.1, 0.15) is 30.6 Å². The van der Waals surface area contributed by atoms with Gasteiger partial charge in [0.15, 0.2) is 23.3 Å². The number of amidine groups is 1. The van der Waals surface area contributed by atoms with Crippen LogP contribution in [0.2, 0.25) is 0 Å². The highest BCUT2D eigenvalue weighted by molar-refractivity contribution is 6.03. The van der Waals surface area contributed by atoms with Crippen molar-refractivity contribution >= 4 is 11.5 Å². The number of imidazole rings is 1. The molecule has 1 unspecified atom stereocenters. The van der Waals surface area contributed by atoms with Crippen molar-refractivity contribution in [1.82, 2.24) is 14.5 Å². The Bertz CT molecular complexity index is 1370. The van der Waals surface area contributed by atoms with E-state index >= 15 is 0 Å². The van der Waals surface area contributed by atoms with Crippen molar-refractivity contribution in [2.24, 2.45) is 4.99 Å². The molecule has 3 aromatic rings. The fourth-order valence-electron chi connectivity index (χ4n) is 4.45. The zero-order valence-electron chi connectivity index (χ0n) is 19.5. The number of benzene rings is 2. The van der Waals surface area contributed by atoms with Crippen LogP contribution in [-0.2, 0) is 0 Å². The third-order valence-electron chi connectivity index (χ3n) is 6.04. The first-order valence-corrected chi connectivity index (χ1v) is 11.2. The molecule has 2 aromatic carbocycles. The molecule has 3 heterocycles. The van der Waals surface area contributed by atoms with E-state index in [1.54, 1.807) is 13.4 Å². The van der Waals surface area contributed by atoms with E-state index < -0.39 is 17.5 Å². The summed E-state index contributed by atoms with van der Waals surface area (Å²) in [5.74, 6) is -2.56. The van der Waals surface area contributed by atoms with Gasteiger partial charge < -0.3 is 19.5 Å². The highest BCUT2D eigenvalue weighted by Gasteiger charge is 2.31. The average molecular weight is 480 g/mol. The molecule has 2 aliphatic rings. The lowest BCUT2D eigenvalue weighted by Crippen LogP contribution is -2.39. The Hall–Kier alpha value is -4.01. The Labute approximate surface area is 201 Å². The number of hydrogen-bond acceptors (Lipinski definition) is 5. The molecule has 35 heavy (non-hydrogen) atoms. The number of hydrogen-bond donors (Lipinski definition) is 1. The molecule has 6 nitrogen and oxygen atoms in total. The number of rotatable bonds is 5. The summed E-state index contributed by atoms with van der Waals surface area (Å²) in [6.07, 6.45) is 8.03. The first-order valence-electron chi connectivity index (χ1n) is 11.2. The van der Waals surface area contributed by atoms with Crippen LogP contribution in [0.4, 0.5) is 18.9 Å². The van der Waals surface area contributed by atoms with Gasteiger partial charge in [-0.2, -0.15) is 0 Å². The van der Waals surface area contributed by atoms with E-state index in [0.717, 1.165) is 40.5 Å². The Kier molecular flexibility index (Phi) is 5.84. The van der Waals surface area contributed by atoms with Gasteiger partial charge >= 0.3 is 0 Å². The molecule has 0 aliphatic carbocycles. The van der Waals surface area contributed by atoms with Crippen LogP contribution >= 0.6 is 0 Å². The summed E-state index contributed by atoms with van der Waals surface area (Å²) >= 11 is 0. The Morgan fingerprint density at radius 1 is 1.09 bits per heavy atom. The van der Waals surface area contributed by atoms with Crippen LogP contribution in [-0.4, -0.2) is 33.9 Å². The fourth-order valence-corrected chi connectivity index (χ4v) is 4.45. The SMILES string of the molecule is COc1cc(NC2=CC(C)=CN3C2=NCCC3c2cc(F)c(F)c(F)c2)ccc1-n1cnc(C)c1. The van der Waals surface area contributed by atoms with Crippen molar-refractivity contribution in [2.75, 3.05) is 19.0 Å².